The van der Waals surface area contributed by atoms with Gasteiger partial charge in [0.15, 0.2) is 0 Å². The van der Waals surface area contributed by atoms with Crippen molar-refractivity contribution in [2.24, 2.45) is 0 Å². The predicted octanol–water partition coefficient (Wildman–Crippen LogP) is 4.51. The molecular formula is C30H40FN3O5. The molecule has 3 aliphatic heterocycles. The molecule has 0 spiro atoms. The number of benzene rings is 1. The Labute approximate surface area is 229 Å². The Kier molecular flexibility index (Phi) is 9.45. The Morgan fingerprint density at radius 3 is 2.97 bits per heavy atom. The van der Waals surface area contributed by atoms with Crippen LogP contribution in [-0.4, -0.2) is 72.1 Å². The SMILES string of the molecule is CC1C[C@@H](OCc2c(F)cccc2C(C(=O)O)N2CC[C@@H](OCCCCc3ccc4c(n3)NCCC4)C2)CO1. The third-order valence-electron chi connectivity index (χ3n) is 7.98. The molecule has 0 amide bonds. The van der Waals surface area contributed by atoms with Crippen molar-refractivity contribution in [3.05, 3.63) is 58.5 Å². The third kappa shape index (κ3) is 7.14. The van der Waals surface area contributed by atoms with Crippen LogP contribution < -0.4 is 5.32 Å². The number of nitrogens with one attached hydrogen (secondary N) is 1. The Balaban J connectivity index is 1.11. The first kappa shape index (κ1) is 28.0. The van der Waals surface area contributed by atoms with Crippen molar-refractivity contribution in [3.63, 3.8) is 0 Å². The summed E-state index contributed by atoms with van der Waals surface area (Å²) in [5, 5.41) is 13.5. The van der Waals surface area contributed by atoms with Gasteiger partial charge >= 0.3 is 5.97 Å². The summed E-state index contributed by atoms with van der Waals surface area (Å²) in [6.45, 7) is 5.17. The van der Waals surface area contributed by atoms with Crippen LogP contribution in [0.15, 0.2) is 30.3 Å². The molecule has 4 heterocycles. The van der Waals surface area contributed by atoms with E-state index < -0.39 is 17.8 Å². The van der Waals surface area contributed by atoms with Gasteiger partial charge in [-0.2, -0.15) is 0 Å². The third-order valence-corrected chi connectivity index (χ3v) is 7.98. The predicted molar refractivity (Wildman–Crippen MR) is 145 cm³/mol. The number of likely N-dealkylation sites (tertiary alicyclic amines) is 1. The molecule has 2 fully saturated rings. The maximum absolute atomic E-state index is 14.9. The van der Waals surface area contributed by atoms with Gasteiger partial charge in [-0.15, -0.1) is 0 Å². The van der Waals surface area contributed by atoms with E-state index in [0.717, 1.165) is 63.0 Å². The molecule has 0 aliphatic carbocycles. The van der Waals surface area contributed by atoms with E-state index in [9.17, 15) is 14.3 Å². The normalized spacial score (nSPS) is 23.9. The Bertz CT molecular complexity index is 1130. The van der Waals surface area contributed by atoms with Crippen LogP contribution in [0.2, 0.25) is 0 Å². The first-order chi connectivity index (χ1) is 19.0. The largest absolute Gasteiger partial charge is 0.480 e. The quantitative estimate of drug-likeness (QED) is 0.379. The van der Waals surface area contributed by atoms with Crippen LogP contribution in [0, 0.1) is 5.82 Å². The average molecular weight is 542 g/mol. The summed E-state index contributed by atoms with van der Waals surface area (Å²) in [5.74, 6) is -0.404. The number of unbranched alkanes of at least 4 members (excludes halogenated alkanes) is 1. The van der Waals surface area contributed by atoms with Gasteiger partial charge in [-0.25, -0.2) is 9.37 Å². The van der Waals surface area contributed by atoms with Crippen molar-refractivity contribution in [3.8, 4) is 0 Å². The lowest BCUT2D eigenvalue weighted by Crippen LogP contribution is -2.34. The van der Waals surface area contributed by atoms with Crippen LogP contribution in [0.3, 0.4) is 0 Å². The molecule has 0 saturated carbocycles. The van der Waals surface area contributed by atoms with E-state index in [-0.39, 0.29) is 24.9 Å². The molecule has 1 aromatic heterocycles. The van der Waals surface area contributed by atoms with Crippen LogP contribution in [0.4, 0.5) is 10.2 Å². The average Bonchev–Trinajstić information content (AvgIpc) is 3.56. The second kappa shape index (κ2) is 13.2. The van der Waals surface area contributed by atoms with Crippen LogP contribution in [0.1, 0.15) is 67.5 Å². The molecule has 2 saturated heterocycles. The van der Waals surface area contributed by atoms with Crippen molar-refractivity contribution in [1.29, 1.82) is 0 Å². The maximum atomic E-state index is 14.9. The van der Waals surface area contributed by atoms with Gasteiger partial charge < -0.3 is 24.6 Å². The van der Waals surface area contributed by atoms with E-state index in [1.54, 1.807) is 12.1 Å². The number of nitrogens with zero attached hydrogens (tertiary/aromatic N) is 2. The number of anilines is 1. The Morgan fingerprint density at radius 1 is 1.26 bits per heavy atom. The highest BCUT2D eigenvalue weighted by Gasteiger charge is 2.36. The monoisotopic (exact) mass is 541 g/mol. The number of carboxylic acids is 1. The van der Waals surface area contributed by atoms with Gasteiger partial charge in [-0.1, -0.05) is 18.2 Å². The number of halogens is 1. The number of pyridine rings is 1. The van der Waals surface area contributed by atoms with E-state index in [4.69, 9.17) is 19.2 Å². The fraction of sp³-hybridized carbons (Fsp3) is 0.600. The molecule has 2 unspecified atom stereocenters. The summed E-state index contributed by atoms with van der Waals surface area (Å²) in [5.41, 5.74) is 3.15. The Hall–Kier alpha value is -2.59. The molecule has 0 bridgehead atoms. The zero-order chi connectivity index (χ0) is 27.2. The van der Waals surface area contributed by atoms with Gasteiger partial charge in [0.05, 0.1) is 31.5 Å². The lowest BCUT2D eigenvalue weighted by molar-refractivity contribution is -0.143. The summed E-state index contributed by atoms with van der Waals surface area (Å²) >= 11 is 0. The number of carbonyl (C=O) groups is 1. The molecule has 39 heavy (non-hydrogen) atoms. The van der Waals surface area contributed by atoms with E-state index in [0.29, 0.717) is 37.4 Å². The number of hydrogen-bond acceptors (Lipinski definition) is 7. The summed E-state index contributed by atoms with van der Waals surface area (Å²) in [6.07, 6.45) is 6.52. The maximum Gasteiger partial charge on any atom is 0.325 e. The Morgan fingerprint density at radius 2 is 2.15 bits per heavy atom. The van der Waals surface area contributed by atoms with Crippen molar-refractivity contribution < 1.29 is 28.5 Å². The number of carboxylic acid groups (broad SMARTS) is 1. The van der Waals surface area contributed by atoms with E-state index >= 15 is 0 Å². The lowest BCUT2D eigenvalue weighted by atomic mass is 9.99. The summed E-state index contributed by atoms with van der Waals surface area (Å²) in [7, 11) is 0. The minimum Gasteiger partial charge on any atom is -0.480 e. The molecule has 8 nitrogen and oxygen atoms in total. The molecule has 5 rings (SSSR count). The number of aromatic nitrogens is 1. The van der Waals surface area contributed by atoms with Crippen LogP contribution in [0.25, 0.3) is 0 Å². The molecule has 2 aromatic rings. The summed E-state index contributed by atoms with van der Waals surface area (Å²) in [6, 6.07) is 8.00. The second-order valence-corrected chi connectivity index (χ2v) is 10.9. The van der Waals surface area contributed by atoms with Crippen LogP contribution >= 0.6 is 0 Å². The highest BCUT2D eigenvalue weighted by Crippen LogP contribution is 2.31. The van der Waals surface area contributed by atoms with Crippen molar-refractivity contribution >= 4 is 11.8 Å². The highest BCUT2D eigenvalue weighted by molar-refractivity contribution is 5.76. The molecular weight excluding hydrogens is 501 g/mol. The first-order valence-corrected chi connectivity index (χ1v) is 14.3. The van der Waals surface area contributed by atoms with E-state index in [1.165, 1.54) is 11.6 Å². The lowest BCUT2D eigenvalue weighted by Gasteiger charge is -2.27. The van der Waals surface area contributed by atoms with Gasteiger partial charge in [0.1, 0.15) is 17.7 Å². The summed E-state index contributed by atoms with van der Waals surface area (Å²) in [4.78, 5) is 19.1. The zero-order valence-electron chi connectivity index (χ0n) is 22.7. The number of aryl methyl sites for hydroxylation is 2. The fourth-order valence-corrected chi connectivity index (χ4v) is 5.86. The second-order valence-electron chi connectivity index (χ2n) is 10.9. The number of fused-ring (bicyclic) bond motifs is 1. The van der Waals surface area contributed by atoms with Crippen LogP contribution in [-0.2, 0) is 38.5 Å². The molecule has 1 aromatic carbocycles. The van der Waals surface area contributed by atoms with Crippen LogP contribution in [0.5, 0.6) is 0 Å². The number of ether oxygens (including phenoxy) is 3. The minimum atomic E-state index is -0.993. The standard InChI is InChI=1S/C30H40FN3O5/c1-20-16-24(18-38-20)39-19-26-25(8-4-9-27(26)31)28(30(35)36)34-14-12-23(17-34)37-15-3-2-7-22-11-10-21-6-5-13-32-29(21)33-22/h4,8-11,20,23-24,28H,2-3,5-7,12-19H2,1H3,(H,32,33)(H,35,36)/t20?,23-,24-,28?/m1/s1. The van der Waals surface area contributed by atoms with E-state index in [2.05, 4.69) is 17.4 Å². The van der Waals surface area contributed by atoms with Gasteiger partial charge in [0.25, 0.3) is 0 Å². The molecule has 212 valence electrons. The van der Waals surface area contributed by atoms with Crippen molar-refractivity contribution in [2.75, 3.05) is 38.2 Å². The van der Waals surface area contributed by atoms with Crippen molar-refractivity contribution in [2.45, 2.75) is 82.8 Å². The van der Waals surface area contributed by atoms with Gasteiger partial charge in [0.2, 0.25) is 0 Å². The zero-order valence-corrected chi connectivity index (χ0v) is 22.7. The molecule has 0 radical (unpaired) electrons. The number of aliphatic carboxylic acids is 1. The minimum absolute atomic E-state index is 0.0233. The summed E-state index contributed by atoms with van der Waals surface area (Å²) < 4.78 is 32.5. The topological polar surface area (TPSA) is 93.2 Å². The smallest absolute Gasteiger partial charge is 0.325 e. The molecule has 3 aliphatic rings. The molecule has 9 heteroatoms. The highest BCUT2D eigenvalue weighted by atomic mass is 19.1. The first-order valence-electron chi connectivity index (χ1n) is 14.3. The fourth-order valence-electron chi connectivity index (χ4n) is 5.86. The molecule has 4 atom stereocenters. The van der Waals surface area contributed by atoms with E-state index in [1.807, 2.05) is 11.8 Å². The van der Waals surface area contributed by atoms with Gasteiger partial charge in [0, 0.05) is 43.9 Å². The van der Waals surface area contributed by atoms with Crippen molar-refractivity contribution in [1.82, 2.24) is 9.88 Å². The number of hydrogen-bond donors (Lipinski definition) is 2. The van der Waals surface area contributed by atoms with Gasteiger partial charge in [-0.3, -0.25) is 9.69 Å². The number of rotatable bonds is 12. The van der Waals surface area contributed by atoms with Gasteiger partial charge in [-0.05, 0) is 68.7 Å². The molecule has 2 N–H and O–H groups in total.